The highest BCUT2D eigenvalue weighted by atomic mass is 35.5. The average molecular weight is 418 g/mol. The Bertz CT molecular complexity index is 774. The summed E-state index contributed by atoms with van der Waals surface area (Å²) >= 11 is 5.70. The van der Waals surface area contributed by atoms with Gasteiger partial charge in [0.2, 0.25) is 15.9 Å². The van der Waals surface area contributed by atoms with Gasteiger partial charge in [-0.1, -0.05) is 24.4 Å². The maximum absolute atomic E-state index is 14.0. The number of benzene rings is 1. The summed E-state index contributed by atoms with van der Waals surface area (Å²) in [6.45, 7) is 3.30. The standard InChI is InChI=1S/C18H25ClFN3O3S/c19-15-5-6-17(16(20)13-15)27(25,26)23-11-9-21(10-12-23)14-18(24)22-7-3-1-2-4-8-22/h5-6,13H,1-4,7-12,14H2. The summed E-state index contributed by atoms with van der Waals surface area (Å²) in [6, 6.07) is 3.57. The molecular formula is C18H25ClFN3O3S. The number of rotatable bonds is 4. The van der Waals surface area contributed by atoms with E-state index in [0.717, 1.165) is 32.0 Å². The number of sulfonamides is 1. The number of hydrogen-bond donors (Lipinski definition) is 0. The van der Waals surface area contributed by atoms with E-state index in [-0.39, 0.29) is 28.9 Å². The van der Waals surface area contributed by atoms with Gasteiger partial charge in [-0.25, -0.2) is 12.8 Å². The molecule has 1 aromatic carbocycles. The van der Waals surface area contributed by atoms with E-state index in [9.17, 15) is 17.6 Å². The molecule has 2 aliphatic rings. The van der Waals surface area contributed by atoms with Gasteiger partial charge in [0.25, 0.3) is 0 Å². The van der Waals surface area contributed by atoms with E-state index in [1.54, 1.807) is 0 Å². The maximum Gasteiger partial charge on any atom is 0.246 e. The molecule has 27 heavy (non-hydrogen) atoms. The number of nitrogens with zero attached hydrogens (tertiary/aromatic N) is 3. The summed E-state index contributed by atoms with van der Waals surface area (Å²) < 4.78 is 40.7. The lowest BCUT2D eigenvalue weighted by molar-refractivity contribution is -0.132. The number of amides is 1. The van der Waals surface area contributed by atoms with Crippen LogP contribution in [0.5, 0.6) is 0 Å². The van der Waals surface area contributed by atoms with Crippen molar-refractivity contribution in [1.82, 2.24) is 14.1 Å². The van der Waals surface area contributed by atoms with Crippen molar-refractivity contribution in [2.45, 2.75) is 30.6 Å². The van der Waals surface area contributed by atoms with Crippen molar-refractivity contribution in [1.29, 1.82) is 0 Å². The molecule has 0 unspecified atom stereocenters. The van der Waals surface area contributed by atoms with Crippen molar-refractivity contribution in [2.24, 2.45) is 0 Å². The number of piperazine rings is 1. The Kier molecular flexibility index (Phi) is 6.73. The first-order valence-electron chi connectivity index (χ1n) is 9.33. The third kappa shape index (κ3) is 4.99. The van der Waals surface area contributed by atoms with Crippen LogP contribution in [-0.4, -0.2) is 74.2 Å². The zero-order valence-corrected chi connectivity index (χ0v) is 16.8. The molecule has 0 aliphatic carbocycles. The van der Waals surface area contributed by atoms with Gasteiger partial charge in [0.05, 0.1) is 6.54 Å². The highest BCUT2D eigenvalue weighted by molar-refractivity contribution is 7.89. The molecule has 2 saturated heterocycles. The molecule has 1 amide bonds. The van der Waals surface area contributed by atoms with Crippen LogP contribution in [0.2, 0.25) is 5.02 Å². The normalized spacial score (nSPS) is 20.4. The lowest BCUT2D eigenvalue weighted by atomic mass is 10.2. The van der Waals surface area contributed by atoms with Crippen molar-refractivity contribution in [2.75, 3.05) is 45.8 Å². The lowest BCUT2D eigenvalue weighted by Gasteiger charge is -2.34. The predicted octanol–water partition coefficient (Wildman–Crippen LogP) is 2.19. The quantitative estimate of drug-likeness (QED) is 0.753. The van der Waals surface area contributed by atoms with Crippen LogP contribution in [0.4, 0.5) is 4.39 Å². The van der Waals surface area contributed by atoms with Gasteiger partial charge >= 0.3 is 0 Å². The summed E-state index contributed by atoms with van der Waals surface area (Å²) in [5.41, 5.74) is 0. The van der Waals surface area contributed by atoms with Crippen molar-refractivity contribution in [3.63, 3.8) is 0 Å². The molecule has 150 valence electrons. The van der Waals surface area contributed by atoms with Gasteiger partial charge in [-0.15, -0.1) is 0 Å². The van der Waals surface area contributed by atoms with Crippen molar-refractivity contribution < 1.29 is 17.6 Å². The van der Waals surface area contributed by atoms with E-state index in [1.807, 2.05) is 9.80 Å². The largest absolute Gasteiger partial charge is 0.342 e. The minimum Gasteiger partial charge on any atom is -0.342 e. The molecule has 0 N–H and O–H groups in total. The van der Waals surface area contributed by atoms with E-state index in [4.69, 9.17) is 11.6 Å². The molecule has 2 fully saturated rings. The van der Waals surface area contributed by atoms with E-state index in [1.165, 1.54) is 29.3 Å². The molecule has 2 heterocycles. The molecule has 9 heteroatoms. The Morgan fingerprint density at radius 3 is 2.22 bits per heavy atom. The van der Waals surface area contributed by atoms with Gasteiger partial charge in [0.1, 0.15) is 10.7 Å². The zero-order valence-electron chi connectivity index (χ0n) is 15.2. The average Bonchev–Trinajstić information content (AvgIpc) is 2.91. The first-order chi connectivity index (χ1) is 12.9. The van der Waals surface area contributed by atoms with Crippen LogP contribution < -0.4 is 0 Å². The Balaban J connectivity index is 1.57. The molecule has 0 radical (unpaired) electrons. The van der Waals surface area contributed by atoms with Crippen LogP contribution in [0.25, 0.3) is 0 Å². The molecule has 0 aromatic heterocycles. The van der Waals surface area contributed by atoms with Crippen LogP contribution in [0.15, 0.2) is 23.1 Å². The zero-order chi connectivity index (χ0) is 19.4. The number of carbonyl (C=O) groups excluding carboxylic acids is 1. The minimum absolute atomic E-state index is 0.108. The van der Waals surface area contributed by atoms with Crippen LogP contribution in [-0.2, 0) is 14.8 Å². The van der Waals surface area contributed by atoms with Crippen LogP contribution in [0.3, 0.4) is 0 Å². The Morgan fingerprint density at radius 2 is 1.63 bits per heavy atom. The maximum atomic E-state index is 14.0. The molecule has 0 saturated carbocycles. The van der Waals surface area contributed by atoms with Crippen molar-refractivity contribution in [3.05, 3.63) is 29.0 Å². The second kappa shape index (κ2) is 8.86. The molecule has 0 bridgehead atoms. The summed E-state index contributed by atoms with van der Waals surface area (Å²) in [5, 5.41) is 0.156. The van der Waals surface area contributed by atoms with Gasteiger partial charge in [-0.3, -0.25) is 9.69 Å². The molecule has 2 aliphatic heterocycles. The number of hydrogen-bond acceptors (Lipinski definition) is 4. The van der Waals surface area contributed by atoms with Crippen molar-refractivity contribution >= 4 is 27.5 Å². The topological polar surface area (TPSA) is 60.9 Å². The SMILES string of the molecule is O=C(CN1CCN(S(=O)(=O)c2ccc(Cl)cc2F)CC1)N1CCCCCC1. The van der Waals surface area contributed by atoms with E-state index in [2.05, 4.69) is 0 Å². The van der Waals surface area contributed by atoms with Gasteiger partial charge in [-0.2, -0.15) is 4.31 Å². The second-order valence-corrected chi connectivity index (χ2v) is 9.39. The highest BCUT2D eigenvalue weighted by Gasteiger charge is 2.31. The number of halogens is 2. The predicted molar refractivity (Wildman–Crippen MR) is 102 cm³/mol. The molecule has 1 aromatic rings. The van der Waals surface area contributed by atoms with Crippen molar-refractivity contribution in [3.8, 4) is 0 Å². The van der Waals surface area contributed by atoms with Crippen LogP contribution in [0.1, 0.15) is 25.7 Å². The molecular weight excluding hydrogens is 393 g/mol. The lowest BCUT2D eigenvalue weighted by Crippen LogP contribution is -2.51. The number of carbonyl (C=O) groups is 1. The fourth-order valence-electron chi connectivity index (χ4n) is 3.56. The Labute approximate surface area is 164 Å². The highest BCUT2D eigenvalue weighted by Crippen LogP contribution is 2.23. The Morgan fingerprint density at radius 1 is 1.00 bits per heavy atom. The fraction of sp³-hybridized carbons (Fsp3) is 0.611. The van der Waals surface area contributed by atoms with Crippen LogP contribution >= 0.6 is 11.6 Å². The van der Waals surface area contributed by atoms with Gasteiger partial charge in [0, 0.05) is 44.3 Å². The third-order valence-electron chi connectivity index (χ3n) is 5.16. The first-order valence-corrected chi connectivity index (χ1v) is 11.1. The molecule has 6 nitrogen and oxygen atoms in total. The monoisotopic (exact) mass is 417 g/mol. The smallest absolute Gasteiger partial charge is 0.246 e. The second-order valence-electron chi connectivity index (χ2n) is 7.05. The van der Waals surface area contributed by atoms with Gasteiger partial charge in [0.15, 0.2) is 0 Å². The molecule has 0 spiro atoms. The summed E-state index contributed by atoms with van der Waals surface area (Å²) in [4.78, 5) is 16.0. The van der Waals surface area contributed by atoms with Crippen LogP contribution in [0, 0.1) is 5.82 Å². The van der Waals surface area contributed by atoms with E-state index in [0.29, 0.717) is 19.6 Å². The fourth-order valence-corrected chi connectivity index (χ4v) is 5.19. The third-order valence-corrected chi connectivity index (χ3v) is 7.33. The summed E-state index contributed by atoms with van der Waals surface area (Å²) in [7, 11) is -3.91. The van der Waals surface area contributed by atoms with Gasteiger partial charge < -0.3 is 4.90 Å². The van der Waals surface area contributed by atoms with E-state index < -0.39 is 15.8 Å². The summed E-state index contributed by atoms with van der Waals surface area (Å²) in [5.74, 6) is -0.738. The number of likely N-dealkylation sites (tertiary alicyclic amines) is 1. The first kappa shape index (κ1) is 20.5. The minimum atomic E-state index is -3.91. The Hall–Kier alpha value is -1.22. The summed E-state index contributed by atoms with van der Waals surface area (Å²) in [6.07, 6.45) is 4.43. The van der Waals surface area contributed by atoms with E-state index >= 15 is 0 Å². The molecule has 3 rings (SSSR count). The molecule has 0 atom stereocenters. The van der Waals surface area contributed by atoms with Gasteiger partial charge in [-0.05, 0) is 31.0 Å².